The minimum Gasteiger partial charge on any atom is -0.390 e. The molecule has 2 aliphatic rings. The lowest BCUT2D eigenvalue weighted by Crippen LogP contribution is -2.44. The van der Waals surface area contributed by atoms with Crippen LogP contribution in [0.3, 0.4) is 0 Å². The van der Waals surface area contributed by atoms with Gasteiger partial charge in [0, 0.05) is 23.7 Å². The van der Waals surface area contributed by atoms with Crippen LogP contribution in [0.4, 0.5) is 0 Å². The highest BCUT2D eigenvalue weighted by molar-refractivity contribution is 9.10. The summed E-state index contributed by atoms with van der Waals surface area (Å²) in [5.41, 5.74) is 0.544. The van der Waals surface area contributed by atoms with Crippen molar-refractivity contribution < 1.29 is 14.6 Å². The minimum absolute atomic E-state index is 0.399. The Morgan fingerprint density at radius 1 is 1.11 bits per heavy atom. The number of hydrogen-bond acceptors (Lipinski definition) is 3. The number of halogens is 1. The molecule has 0 bridgehead atoms. The van der Waals surface area contributed by atoms with Gasteiger partial charge in [0.1, 0.15) is 0 Å². The Hall–Kier alpha value is -0.420. The third kappa shape index (κ3) is 3.02. The molecule has 4 heteroatoms. The third-order valence-electron chi connectivity index (χ3n) is 4.18. The van der Waals surface area contributed by atoms with Gasteiger partial charge >= 0.3 is 0 Å². The maximum Gasteiger partial charge on any atom is 0.168 e. The molecule has 19 heavy (non-hydrogen) atoms. The van der Waals surface area contributed by atoms with Gasteiger partial charge in [-0.2, -0.15) is 0 Å². The number of rotatable bonds is 2. The first-order valence-corrected chi connectivity index (χ1v) is 7.63. The van der Waals surface area contributed by atoms with Gasteiger partial charge < -0.3 is 14.6 Å². The summed E-state index contributed by atoms with van der Waals surface area (Å²) in [7, 11) is 0. The van der Waals surface area contributed by atoms with Crippen molar-refractivity contribution in [3.05, 3.63) is 34.3 Å². The zero-order chi connectivity index (χ0) is 13.3. The molecule has 1 saturated carbocycles. The Morgan fingerprint density at radius 3 is 2.42 bits per heavy atom. The number of hydrogen-bond donors (Lipinski definition) is 1. The Labute approximate surface area is 122 Å². The van der Waals surface area contributed by atoms with Crippen molar-refractivity contribution >= 4 is 15.9 Å². The highest BCUT2D eigenvalue weighted by Crippen LogP contribution is 2.41. The van der Waals surface area contributed by atoms with E-state index in [2.05, 4.69) is 28.1 Å². The average molecular weight is 327 g/mol. The van der Waals surface area contributed by atoms with Crippen LogP contribution < -0.4 is 0 Å². The fourth-order valence-electron chi connectivity index (χ4n) is 3.09. The van der Waals surface area contributed by atoms with Crippen LogP contribution >= 0.6 is 15.9 Å². The number of ether oxygens (including phenoxy) is 2. The van der Waals surface area contributed by atoms with Gasteiger partial charge in [0.2, 0.25) is 0 Å². The van der Waals surface area contributed by atoms with E-state index in [0.717, 1.165) is 30.2 Å². The van der Waals surface area contributed by atoms with Crippen molar-refractivity contribution in [3.8, 4) is 0 Å². The molecule has 1 heterocycles. The van der Waals surface area contributed by atoms with Gasteiger partial charge in [0.15, 0.2) is 5.79 Å². The van der Waals surface area contributed by atoms with E-state index in [1.165, 1.54) is 5.56 Å². The molecule has 2 fully saturated rings. The predicted molar refractivity (Wildman–Crippen MR) is 75.9 cm³/mol. The highest BCUT2D eigenvalue weighted by atomic mass is 79.9. The van der Waals surface area contributed by atoms with Crippen LogP contribution in [0.25, 0.3) is 0 Å². The molecule has 1 N–H and O–H groups in total. The molecule has 0 amide bonds. The molecule has 3 rings (SSSR count). The van der Waals surface area contributed by atoms with Crippen molar-refractivity contribution in [2.75, 3.05) is 13.2 Å². The Kier molecular flexibility index (Phi) is 3.69. The standard InChI is InChI=1S/C15H19BrO3/c16-13-3-1-2-12(10-13)11-14(17)4-6-15(7-5-14)18-8-9-19-15/h1-3,10,17H,4-9,11H2. The molecule has 3 nitrogen and oxygen atoms in total. The van der Waals surface area contributed by atoms with E-state index in [9.17, 15) is 5.11 Å². The molecule has 1 saturated heterocycles. The van der Waals surface area contributed by atoms with E-state index < -0.39 is 11.4 Å². The van der Waals surface area contributed by atoms with Gasteiger partial charge in [0.05, 0.1) is 18.8 Å². The van der Waals surface area contributed by atoms with Crippen LogP contribution in [0.5, 0.6) is 0 Å². The second-order valence-electron chi connectivity index (χ2n) is 5.64. The zero-order valence-electron chi connectivity index (χ0n) is 10.9. The molecule has 1 spiro atoms. The van der Waals surface area contributed by atoms with E-state index in [0.29, 0.717) is 19.6 Å². The maximum absolute atomic E-state index is 10.7. The van der Waals surface area contributed by atoms with E-state index >= 15 is 0 Å². The monoisotopic (exact) mass is 326 g/mol. The lowest BCUT2D eigenvalue weighted by molar-refractivity contribution is -0.202. The summed E-state index contributed by atoms with van der Waals surface area (Å²) in [5, 5.41) is 10.7. The third-order valence-corrected chi connectivity index (χ3v) is 4.67. The fourth-order valence-corrected chi connectivity index (χ4v) is 3.53. The van der Waals surface area contributed by atoms with E-state index in [-0.39, 0.29) is 0 Å². The maximum atomic E-state index is 10.7. The topological polar surface area (TPSA) is 38.7 Å². The van der Waals surface area contributed by atoms with Crippen molar-refractivity contribution in [2.24, 2.45) is 0 Å². The van der Waals surface area contributed by atoms with Gasteiger partial charge in [-0.15, -0.1) is 0 Å². The molecule has 0 aromatic heterocycles. The molecule has 1 aromatic rings. The number of benzene rings is 1. The van der Waals surface area contributed by atoms with Crippen molar-refractivity contribution in [3.63, 3.8) is 0 Å². The Balaban J connectivity index is 1.65. The molecular weight excluding hydrogens is 308 g/mol. The predicted octanol–water partition coefficient (Wildman–Crippen LogP) is 3.04. The highest BCUT2D eigenvalue weighted by Gasteiger charge is 2.45. The van der Waals surface area contributed by atoms with Gasteiger partial charge in [-0.05, 0) is 30.5 Å². The molecule has 1 aromatic carbocycles. The quantitative estimate of drug-likeness (QED) is 0.907. The van der Waals surface area contributed by atoms with Gasteiger partial charge in [0.25, 0.3) is 0 Å². The zero-order valence-corrected chi connectivity index (χ0v) is 12.5. The van der Waals surface area contributed by atoms with Crippen LogP contribution in [-0.2, 0) is 15.9 Å². The van der Waals surface area contributed by atoms with E-state index in [1.807, 2.05) is 12.1 Å². The van der Waals surface area contributed by atoms with Crippen molar-refractivity contribution in [1.82, 2.24) is 0 Å². The first-order valence-electron chi connectivity index (χ1n) is 6.84. The Bertz CT molecular complexity index is 444. The lowest BCUT2D eigenvalue weighted by Gasteiger charge is -2.40. The first kappa shape index (κ1) is 13.6. The number of aliphatic hydroxyl groups is 1. The van der Waals surface area contributed by atoms with Gasteiger partial charge in [-0.1, -0.05) is 28.1 Å². The fraction of sp³-hybridized carbons (Fsp3) is 0.600. The second kappa shape index (κ2) is 5.17. The molecular formula is C15H19BrO3. The van der Waals surface area contributed by atoms with Crippen LogP contribution in [0, 0.1) is 0 Å². The first-order chi connectivity index (χ1) is 9.09. The van der Waals surface area contributed by atoms with Gasteiger partial charge in [-0.25, -0.2) is 0 Å². The van der Waals surface area contributed by atoms with Crippen LogP contribution in [-0.4, -0.2) is 29.7 Å². The summed E-state index contributed by atoms with van der Waals surface area (Å²) in [5.74, 6) is -0.399. The van der Waals surface area contributed by atoms with Crippen LogP contribution in [0.1, 0.15) is 31.2 Å². The molecule has 0 unspecified atom stereocenters. The van der Waals surface area contributed by atoms with Gasteiger partial charge in [-0.3, -0.25) is 0 Å². The smallest absolute Gasteiger partial charge is 0.168 e. The lowest BCUT2D eigenvalue weighted by atomic mass is 9.78. The minimum atomic E-state index is -0.624. The molecule has 1 aliphatic carbocycles. The summed E-state index contributed by atoms with van der Waals surface area (Å²) in [6.07, 6.45) is 3.75. The Morgan fingerprint density at radius 2 is 1.79 bits per heavy atom. The van der Waals surface area contributed by atoms with E-state index in [1.54, 1.807) is 0 Å². The largest absolute Gasteiger partial charge is 0.390 e. The summed E-state index contributed by atoms with van der Waals surface area (Å²) < 4.78 is 12.5. The SMILES string of the molecule is OC1(Cc2cccc(Br)c2)CCC2(CC1)OCCO2. The normalized spacial score (nSPS) is 24.7. The second-order valence-corrected chi connectivity index (χ2v) is 6.55. The summed E-state index contributed by atoms with van der Waals surface area (Å²) in [6.45, 7) is 1.37. The summed E-state index contributed by atoms with van der Waals surface area (Å²) >= 11 is 3.47. The van der Waals surface area contributed by atoms with E-state index in [4.69, 9.17) is 9.47 Å². The summed E-state index contributed by atoms with van der Waals surface area (Å²) in [6, 6.07) is 8.15. The molecule has 1 aliphatic heterocycles. The van der Waals surface area contributed by atoms with Crippen molar-refractivity contribution in [2.45, 2.75) is 43.5 Å². The van der Waals surface area contributed by atoms with Crippen molar-refractivity contribution in [1.29, 1.82) is 0 Å². The molecule has 0 radical (unpaired) electrons. The average Bonchev–Trinajstić information content (AvgIpc) is 2.83. The molecule has 0 atom stereocenters. The molecule has 104 valence electrons. The van der Waals surface area contributed by atoms with Crippen LogP contribution in [0.2, 0.25) is 0 Å². The van der Waals surface area contributed by atoms with Crippen LogP contribution in [0.15, 0.2) is 28.7 Å². The summed E-state index contributed by atoms with van der Waals surface area (Å²) in [4.78, 5) is 0.